The van der Waals surface area contributed by atoms with Gasteiger partial charge in [0.2, 0.25) is 10.0 Å². The van der Waals surface area contributed by atoms with Crippen molar-refractivity contribution in [3.8, 4) is 28.2 Å². The number of nitrogens with zero attached hydrogens (tertiary/aromatic N) is 2. The van der Waals surface area contributed by atoms with Crippen molar-refractivity contribution < 1.29 is 8.42 Å². The zero-order chi connectivity index (χ0) is 21.5. The van der Waals surface area contributed by atoms with E-state index in [1.54, 1.807) is 47.1 Å². The summed E-state index contributed by atoms with van der Waals surface area (Å²) in [5, 5.41) is 11.5. The Bertz CT molecular complexity index is 1330. The molecule has 0 fully saturated rings. The first-order valence-corrected chi connectivity index (χ1v) is 11.3. The van der Waals surface area contributed by atoms with Gasteiger partial charge in [-0.1, -0.05) is 46.9 Å². The van der Waals surface area contributed by atoms with Crippen molar-refractivity contribution in [3.63, 3.8) is 0 Å². The van der Waals surface area contributed by atoms with E-state index in [4.69, 9.17) is 45.0 Å². The molecule has 4 rings (SSSR count). The molecule has 0 atom stereocenters. The summed E-state index contributed by atoms with van der Waals surface area (Å²) >= 11 is 18.4. The number of hydrogen-bond donors (Lipinski definition) is 1. The van der Waals surface area contributed by atoms with Crippen LogP contribution >= 0.6 is 34.8 Å². The third-order valence-electron chi connectivity index (χ3n) is 4.47. The highest BCUT2D eigenvalue weighted by Gasteiger charge is 2.16. The molecule has 0 saturated heterocycles. The molecule has 5 nitrogen and oxygen atoms in total. The van der Waals surface area contributed by atoms with Crippen LogP contribution in [-0.4, -0.2) is 18.2 Å². The molecule has 0 amide bonds. The van der Waals surface area contributed by atoms with Crippen LogP contribution in [0.2, 0.25) is 15.1 Å². The van der Waals surface area contributed by atoms with E-state index in [9.17, 15) is 8.42 Å². The highest BCUT2D eigenvalue weighted by Crippen LogP contribution is 2.34. The van der Waals surface area contributed by atoms with Crippen LogP contribution in [0.4, 0.5) is 0 Å². The normalized spacial score (nSPS) is 11.6. The molecule has 1 aromatic heterocycles. The average molecular weight is 479 g/mol. The molecule has 2 N–H and O–H groups in total. The van der Waals surface area contributed by atoms with E-state index in [0.717, 1.165) is 16.8 Å². The molecule has 0 spiro atoms. The number of hydrogen-bond acceptors (Lipinski definition) is 3. The number of primary sulfonamides is 1. The van der Waals surface area contributed by atoms with Gasteiger partial charge in [0.05, 0.1) is 27.0 Å². The fourth-order valence-electron chi connectivity index (χ4n) is 3.01. The number of benzene rings is 3. The molecule has 30 heavy (non-hydrogen) atoms. The van der Waals surface area contributed by atoms with Crippen molar-refractivity contribution in [1.82, 2.24) is 9.78 Å². The van der Waals surface area contributed by atoms with Gasteiger partial charge in [0.25, 0.3) is 0 Å². The second kappa shape index (κ2) is 8.06. The first-order valence-electron chi connectivity index (χ1n) is 8.67. The lowest BCUT2D eigenvalue weighted by Gasteiger charge is -2.08. The molecule has 3 aromatic carbocycles. The number of nitrogens with two attached hydrogens (primary N) is 1. The van der Waals surface area contributed by atoms with Gasteiger partial charge in [-0.3, -0.25) is 0 Å². The summed E-state index contributed by atoms with van der Waals surface area (Å²) in [4.78, 5) is 0.0208. The maximum Gasteiger partial charge on any atom is 0.238 e. The number of rotatable bonds is 4. The summed E-state index contributed by atoms with van der Waals surface area (Å²) in [6.45, 7) is 0. The molecule has 0 radical (unpaired) electrons. The van der Waals surface area contributed by atoms with Gasteiger partial charge in [-0.15, -0.1) is 0 Å². The van der Waals surface area contributed by atoms with Gasteiger partial charge in [0, 0.05) is 21.2 Å². The Morgan fingerprint density at radius 1 is 0.800 bits per heavy atom. The zero-order valence-corrected chi connectivity index (χ0v) is 18.3. The molecule has 0 aliphatic carbocycles. The standard InChI is InChI=1S/C21H14Cl3N3O2S/c22-14-3-1-13(2-4-14)21-12-20(18-10-5-15(23)11-19(18)24)26-27(21)16-6-8-17(9-7-16)30(25,28)29/h1-12H,(H2,25,28,29). The van der Waals surface area contributed by atoms with E-state index in [1.165, 1.54) is 12.1 Å². The van der Waals surface area contributed by atoms with Crippen molar-refractivity contribution in [3.05, 3.63) is 87.9 Å². The third kappa shape index (κ3) is 4.24. The van der Waals surface area contributed by atoms with E-state index < -0.39 is 10.0 Å². The Hall–Kier alpha value is -2.35. The number of sulfonamides is 1. The highest BCUT2D eigenvalue weighted by molar-refractivity contribution is 7.89. The van der Waals surface area contributed by atoms with Crippen LogP contribution in [0.1, 0.15) is 0 Å². The van der Waals surface area contributed by atoms with Crippen LogP contribution in [0, 0.1) is 0 Å². The number of aromatic nitrogens is 2. The van der Waals surface area contributed by atoms with Gasteiger partial charge in [0.1, 0.15) is 0 Å². The molecule has 1 heterocycles. The van der Waals surface area contributed by atoms with Crippen molar-refractivity contribution in [1.29, 1.82) is 0 Å². The Labute approximate surface area is 188 Å². The molecule has 152 valence electrons. The summed E-state index contributed by atoms with van der Waals surface area (Å²) in [7, 11) is -3.79. The van der Waals surface area contributed by atoms with Gasteiger partial charge in [-0.05, 0) is 60.7 Å². The Kier molecular flexibility index (Phi) is 5.61. The van der Waals surface area contributed by atoms with E-state index in [0.29, 0.717) is 26.4 Å². The van der Waals surface area contributed by atoms with Crippen LogP contribution in [0.25, 0.3) is 28.2 Å². The first-order chi connectivity index (χ1) is 14.2. The van der Waals surface area contributed by atoms with Crippen LogP contribution in [0.3, 0.4) is 0 Å². The van der Waals surface area contributed by atoms with Gasteiger partial charge in [-0.2, -0.15) is 5.10 Å². The summed E-state index contributed by atoms with van der Waals surface area (Å²) in [5.74, 6) is 0. The fraction of sp³-hybridized carbons (Fsp3) is 0. The second-order valence-corrected chi connectivity index (χ2v) is 9.34. The molecule has 9 heteroatoms. The molecular weight excluding hydrogens is 465 g/mol. The zero-order valence-electron chi connectivity index (χ0n) is 15.3. The lowest BCUT2D eigenvalue weighted by atomic mass is 10.1. The summed E-state index contributed by atoms with van der Waals surface area (Å²) in [6, 6.07) is 20.6. The smallest absolute Gasteiger partial charge is 0.232 e. The Morgan fingerprint density at radius 2 is 1.43 bits per heavy atom. The van der Waals surface area contributed by atoms with Crippen LogP contribution in [0.15, 0.2) is 77.7 Å². The van der Waals surface area contributed by atoms with Crippen molar-refractivity contribution in [2.75, 3.05) is 0 Å². The molecule has 0 unspecified atom stereocenters. The molecule has 0 saturated carbocycles. The van der Waals surface area contributed by atoms with E-state index >= 15 is 0 Å². The minimum atomic E-state index is -3.79. The SMILES string of the molecule is NS(=O)(=O)c1ccc(-n2nc(-c3ccc(Cl)cc3Cl)cc2-c2ccc(Cl)cc2)cc1. The third-order valence-corrected chi connectivity index (χ3v) is 6.20. The lowest BCUT2D eigenvalue weighted by molar-refractivity contribution is 0.598. The largest absolute Gasteiger partial charge is 0.238 e. The summed E-state index contributed by atoms with van der Waals surface area (Å²) < 4.78 is 24.8. The molecule has 0 aliphatic rings. The molecule has 0 bridgehead atoms. The van der Waals surface area contributed by atoms with Gasteiger partial charge >= 0.3 is 0 Å². The highest BCUT2D eigenvalue weighted by atomic mass is 35.5. The fourth-order valence-corrected chi connectivity index (χ4v) is 4.16. The topological polar surface area (TPSA) is 78.0 Å². The summed E-state index contributed by atoms with van der Waals surface area (Å²) in [6.07, 6.45) is 0. The van der Waals surface area contributed by atoms with Crippen molar-refractivity contribution in [2.24, 2.45) is 5.14 Å². The second-order valence-electron chi connectivity index (χ2n) is 6.50. The van der Waals surface area contributed by atoms with E-state index in [-0.39, 0.29) is 4.90 Å². The minimum Gasteiger partial charge on any atom is -0.232 e. The van der Waals surface area contributed by atoms with Crippen molar-refractivity contribution >= 4 is 44.8 Å². The van der Waals surface area contributed by atoms with Gasteiger partial charge < -0.3 is 0 Å². The van der Waals surface area contributed by atoms with Crippen LogP contribution in [0.5, 0.6) is 0 Å². The van der Waals surface area contributed by atoms with E-state index in [1.807, 2.05) is 18.2 Å². The molecule has 4 aromatic rings. The predicted molar refractivity (Wildman–Crippen MR) is 121 cm³/mol. The maximum absolute atomic E-state index is 11.6. The Balaban J connectivity index is 1.89. The molecular formula is C21H14Cl3N3O2S. The monoisotopic (exact) mass is 477 g/mol. The number of halogens is 3. The quantitative estimate of drug-likeness (QED) is 0.402. The van der Waals surface area contributed by atoms with Crippen molar-refractivity contribution in [2.45, 2.75) is 4.90 Å². The average Bonchev–Trinajstić information content (AvgIpc) is 3.13. The van der Waals surface area contributed by atoms with Crippen LogP contribution in [-0.2, 0) is 10.0 Å². The van der Waals surface area contributed by atoms with Crippen LogP contribution < -0.4 is 5.14 Å². The predicted octanol–water partition coefficient (Wildman–Crippen LogP) is 5.81. The van der Waals surface area contributed by atoms with Gasteiger partial charge in [0.15, 0.2) is 0 Å². The summed E-state index contributed by atoms with van der Waals surface area (Å²) in [5.41, 5.74) is 3.66. The minimum absolute atomic E-state index is 0.0208. The molecule has 0 aliphatic heterocycles. The van der Waals surface area contributed by atoms with E-state index in [2.05, 4.69) is 0 Å². The van der Waals surface area contributed by atoms with Gasteiger partial charge in [-0.25, -0.2) is 18.2 Å². The lowest BCUT2D eigenvalue weighted by Crippen LogP contribution is -2.12. The maximum atomic E-state index is 11.6. The Morgan fingerprint density at radius 3 is 2.03 bits per heavy atom. The first kappa shape index (κ1) is 20.9.